The van der Waals surface area contributed by atoms with Crippen molar-refractivity contribution in [2.75, 3.05) is 0 Å². The molecule has 0 unspecified atom stereocenters. The van der Waals surface area contributed by atoms with E-state index in [9.17, 15) is 15.0 Å². The van der Waals surface area contributed by atoms with Gasteiger partial charge in [0.15, 0.2) is 6.29 Å². The maximum atomic E-state index is 11.1. The normalized spacial score (nSPS) is 36.7. The summed E-state index contributed by atoms with van der Waals surface area (Å²) in [5.74, 6) is -0.304. The van der Waals surface area contributed by atoms with E-state index in [0.29, 0.717) is 6.42 Å². The molecule has 106 valence electrons. The lowest BCUT2D eigenvalue weighted by atomic mass is 9.95. The third-order valence-corrected chi connectivity index (χ3v) is 2.88. The summed E-state index contributed by atoms with van der Waals surface area (Å²) in [6.07, 6.45) is -2.92. The second-order valence-electron chi connectivity index (χ2n) is 4.84. The van der Waals surface area contributed by atoms with Gasteiger partial charge >= 0.3 is 0 Å². The first kappa shape index (κ1) is 15.4. The van der Waals surface area contributed by atoms with E-state index in [2.05, 4.69) is 5.32 Å². The zero-order valence-electron chi connectivity index (χ0n) is 11.3. The number of carbonyl (C=O) groups is 1. The van der Waals surface area contributed by atoms with Crippen LogP contribution in [0.4, 0.5) is 0 Å². The molecule has 0 aromatic rings. The van der Waals surface area contributed by atoms with Crippen molar-refractivity contribution in [3.05, 3.63) is 0 Å². The summed E-state index contributed by atoms with van der Waals surface area (Å²) in [7, 11) is 0. The minimum absolute atomic E-state index is 0.105. The quantitative estimate of drug-likeness (QED) is 0.651. The lowest BCUT2D eigenvalue weighted by molar-refractivity contribution is -0.273. The van der Waals surface area contributed by atoms with Gasteiger partial charge in [-0.2, -0.15) is 0 Å². The minimum atomic E-state index is -1.10. The van der Waals surface area contributed by atoms with Crippen LogP contribution in [0.25, 0.3) is 0 Å². The van der Waals surface area contributed by atoms with Crippen molar-refractivity contribution in [2.45, 2.75) is 70.9 Å². The van der Waals surface area contributed by atoms with Crippen LogP contribution in [0.5, 0.6) is 0 Å². The fraction of sp³-hybridized carbons (Fsp3) is 0.917. The SMILES string of the molecule is CC[C@H]1O[C@@H](OC(C)C)[C@H](NC(C)=O)[C@@H](O)[C@H]1O. The molecule has 0 aromatic heterocycles. The first-order valence-corrected chi connectivity index (χ1v) is 6.31. The Kier molecular flexibility index (Phi) is 5.52. The third-order valence-electron chi connectivity index (χ3n) is 2.88. The summed E-state index contributed by atoms with van der Waals surface area (Å²) in [5.41, 5.74) is 0. The molecule has 18 heavy (non-hydrogen) atoms. The summed E-state index contributed by atoms with van der Waals surface area (Å²) >= 11 is 0. The maximum absolute atomic E-state index is 11.1. The van der Waals surface area contributed by atoms with E-state index in [1.54, 1.807) is 0 Å². The van der Waals surface area contributed by atoms with Crippen LogP contribution in [0.2, 0.25) is 0 Å². The van der Waals surface area contributed by atoms with E-state index in [1.807, 2.05) is 20.8 Å². The van der Waals surface area contributed by atoms with Crippen LogP contribution in [0.1, 0.15) is 34.1 Å². The average molecular weight is 261 g/mol. The van der Waals surface area contributed by atoms with Gasteiger partial charge in [0.05, 0.1) is 12.2 Å². The molecule has 1 saturated heterocycles. The second kappa shape index (κ2) is 6.47. The first-order chi connectivity index (χ1) is 8.36. The van der Waals surface area contributed by atoms with Gasteiger partial charge in [-0.05, 0) is 20.3 Å². The largest absolute Gasteiger partial charge is 0.388 e. The van der Waals surface area contributed by atoms with Crippen molar-refractivity contribution >= 4 is 5.91 Å². The van der Waals surface area contributed by atoms with Crippen LogP contribution < -0.4 is 5.32 Å². The summed E-state index contributed by atoms with van der Waals surface area (Å²) < 4.78 is 11.1. The summed E-state index contributed by atoms with van der Waals surface area (Å²) in [5, 5.41) is 22.5. The summed E-state index contributed by atoms with van der Waals surface area (Å²) in [6, 6.07) is -0.761. The van der Waals surface area contributed by atoms with Crippen LogP contribution in [0.3, 0.4) is 0 Å². The number of carbonyl (C=O) groups excluding carboxylic acids is 1. The van der Waals surface area contributed by atoms with Crippen molar-refractivity contribution in [3.63, 3.8) is 0 Å². The number of hydrogen-bond donors (Lipinski definition) is 3. The molecule has 1 heterocycles. The Hall–Kier alpha value is -0.690. The fourth-order valence-electron chi connectivity index (χ4n) is 2.04. The van der Waals surface area contributed by atoms with E-state index >= 15 is 0 Å². The molecule has 1 aliphatic rings. The number of hydrogen-bond acceptors (Lipinski definition) is 5. The molecule has 0 aliphatic carbocycles. The van der Waals surface area contributed by atoms with Crippen molar-refractivity contribution in [2.24, 2.45) is 0 Å². The lowest BCUT2D eigenvalue weighted by Crippen LogP contribution is -2.64. The Morgan fingerprint density at radius 2 is 2.00 bits per heavy atom. The van der Waals surface area contributed by atoms with Gasteiger partial charge in [0.25, 0.3) is 0 Å². The molecule has 1 amide bonds. The molecule has 0 aromatic carbocycles. The Bertz CT molecular complexity index is 284. The van der Waals surface area contributed by atoms with Crippen LogP contribution >= 0.6 is 0 Å². The van der Waals surface area contributed by atoms with E-state index in [-0.39, 0.29) is 12.0 Å². The number of aliphatic hydroxyl groups is 2. The van der Waals surface area contributed by atoms with Crippen LogP contribution in [0, 0.1) is 0 Å². The van der Waals surface area contributed by atoms with Gasteiger partial charge < -0.3 is 25.0 Å². The average Bonchev–Trinajstić information content (AvgIpc) is 2.27. The van der Waals surface area contributed by atoms with E-state index in [1.165, 1.54) is 6.92 Å². The highest BCUT2D eigenvalue weighted by Crippen LogP contribution is 2.24. The fourth-order valence-corrected chi connectivity index (χ4v) is 2.04. The van der Waals surface area contributed by atoms with Crippen LogP contribution in [-0.2, 0) is 14.3 Å². The number of aliphatic hydroxyl groups excluding tert-OH is 2. The van der Waals surface area contributed by atoms with Gasteiger partial charge in [-0.25, -0.2) is 0 Å². The molecule has 1 rings (SSSR count). The minimum Gasteiger partial charge on any atom is -0.388 e. The molecule has 0 bridgehead atoms. The van der Waals surface area contributed by atoms with E-state index in [0.717, 1.165) is 0 Å². The molecule has 6 nitrogen and oxygen atoms in total. The Morgan fingerprint density at radius 1 is 1.39 bits per heavy atom. The Labute approximate surface area is 107 Å². The van der Waals surface area contributed by atoms with Gasteiger partial charge in [0.1, 0.15) is 18.2 Å². The highest BCUT2D eigenvalue weighted by Gasteiger charge is 2.45. The summed E-state index contributed by atoms with van der Waals surface area (Å²) in [4.78, 5) is 11.1. The predicted molar refractivity (Wildman–Crippen MR) is 64.8 cm³/mol. The standard InChI is InChI=1S/C12H23NO5/c1-5-8-10(15)11(16)9(13-7(4)14)12(18-8)17-6(2)3/h6,8-12,15-16H,5H2,1-4H3,(H,13,14)/t8-,9-,10+,11-,12-/m1/s1. The lowest BCUT2D eigenvalue weighted by Gasteiger charge is -2.43. The molecule has 3 N–H and O–H groups in total. The van der Waals surface area contributed by atoms with Crippen molar-refractivity contribution in [1.29, 1.82) is 0 Å². The monoisotopic (exact) mass is 261 g/mol. The number of ether oxygens (including phenoxy) is 2. The molecule has 1 fully saturated rings. The zero-order chi connectivity index (χ0) is 13.9. The Morgan fingerprint density at radius 3 is 2.44 bits per heavy atom. The van der Waals surface area contributed by atoms with Gasteiger partial charge in [-0.3, -0.25) is 4.79 Å². The van der Waals surface area contributed by atoms with E-state index in [4.69, 9.17) is 9.47 Å². The Balaban J connectivity index is 2.83. The van der Waals surface area contributed by atoms with Crippen molar-refractivity contribution in [3.8, 4) is 0 Å². The molecular weight excluding hydrogens is 238 g/mol. The molecule has 6 heteroatoms. The van der Waals surface area contributed by atoms with Gasteiger partial charge in [0.2, 0.25) is 5.91 Å². The molecular formula is C12H23NO5. The van der Waals surface area contributed by atoms with Crippen molar-refractivity contribution < 1.29 is 24.5 Å². The molecule has 0 saturated carbocycles. The third kappa shape index (κ3) is 3.65. The highest BCUT2D eigenvalue weighted by molar-refractivity contribution is 5.73. The van der Waals surface area contributed by atoms with Gasteiger partial charge in [-0.15, -0.1) is 0 Å². The predicted octanol–water partition coefficient (Wildman–Crippen LogP) is -0.227. The van der Waals surface area contributed by atoms with Gasteiger partial charge in [0, 0.05) is 6.92 Å². The molecule has 0 radical (unpaired) electrons. The van der Waals surface area contributed by atoms with Crippen LogP contribution in [-0.4, -0.2) is 52.9 Å². The smallest absolute Gasteiger partial charge is 0.217 e. The van der Waals surface area contributed by atoms with Gasteiger partial charge in [-0.1, -0.05) is 6.92 Å². The molecule has 0 spiro atoms. The topological polar surface area (TPSA) is 88.0 Å². The highest BCUT2D eigenvalue weighted by atomic mass is 16.7. The zero-order valence-corrected chi connectivity index (χ0v) is 11.3. The number of rotatable bonds is 4. The second-order valence-corrected chi connectivity index (χ2v) is 4.84. The van der Waals surface area contributed by atoms with E-state index < -0.39 is 30.6 Å². The molecule has 5 atom stereocenters. The van der Waals surface area contributed by atoms with Crippen molar-refractivity contribution in [1.82, 2.24) is 5.32 Å². The molecule has 1 aliphatic heterocycles. The summed E-state index contributed by atoms with van der Waals surface area (Å²) in [6.45, 7) is 6.88. The first-order valence-electron chi connectivity index (χ1n) is 6.31. The van der Waals surface area contributed by atoms with Crippen LogP contribution in [0.15, 0.2) is 0 Å². The number of nitrogens with one attached hydrogen (secondary N) is 1. The maximum Gasteiger partial charge on any atom is 0.217 e. The number of amides is 1.